The number of carbonyl (C=O) groups excluding carboxylic acids is 1. The van der Waals surface area contributed by atoms with Gasteiger partial charge >= 0.3 is 0 Å². The van der Waals surface area contributed by atoms with Gasteiger partial charge in [0.1, 0.15) is 6.10 Å². The number of nitrogen functional groups attached to an aromatic ring is 1. The van der Waals surface area contributed by atoms with E-state index in [4.69, 9.17) is 15.2 Å². The van der Waals surface area contributed by atoms with E-state index in [9.17, 15) is 9.59 Å². The van der Waals surface area contributed by atoms with E-state index in [1.165, 1.54) is 11.1 Å². The first-order chi connectivity index (χ1) is 13.3. The summed E-state index contributed by atoms with van der Waals surface area (Å²) in [5.74, 6) is -0.948. The number of aromatic nitrogens is 3. The van der Waals surface area contributed by atoms with Gasteiger partial charge in [-0.1, -0.05) is 0 Å². The van der Waals surface area contributed by atoms with Gasteiger partial charge in [0.2, 0.25) is 5.95 Å². The van der Waals surface area contributed by atoms with Crippen molar-refractivity contribution in [2.24, 2.45) is 0 Å². The number of H-pyrrole nitrogens is 1. The summed E-state index contributed by atoms with van der Waals surface area (Å²) in [6, 6.07) is 2.81. The second-order valence-electron chi connectivity index (χ2n) is 7.32. The Labute approximate surface area is 161 Å². The van der Waals surface area contributed by atoms with Crippen LogP contribution in [0.3, 0.4) is 0 Å². The Morgan fingerprint density at radius 3 is 2.82 bits per heavy atom. The SMILES string of the molecule is C[C@H]1OC(C)(C)O[C@H]1[C@@H]1CNc2nc(N)[nH]c(=O)c2N1C(=O)c1cccnc1. The van der Waals surface area contributed by atoms with Crippen molar-refractivity contribution >= 4 is 23.4 Å². The summed E-state index contributed by atoms with van der Waals surface area (Å²) in [5.41, 5.74) is 5.60. The number of ether oxygens (including phenoxy) is 2. The molecular formula is C18H22N6O4. The Morgan fingerprint density at radius 1 is 1.39 bits per heavy atom. The molecule has 3 atom stereocenters. The molecule has 10 heteroatoms. The van der Waals surface area contributed by atoms with Gasteiger partial charge in [-0.25, -0.2) is 0 Å². The van der Waals surface area contributed by atoms with Crippen molar-refractivity contribution in [2.75, 3.05) is 22.5 Å². The number of carbonyl (C=O) groups is 1. The Bertz CT molecular complexity index is 960. The fourth-order valence-electron chi connectivity index (χ4n) is 3.79. The molecule has 4 heterocycles. The molecule has 0 spiro atoms. The quantitative estimate of drug-likeness (QED) is 0.687. The molecule has 1 fully saturated rings. The van der Waals surface area contributed by atoms with Crippen molar-refractivity contribution < 1.29 is 14.3 Å². The molecule has 0 aliphatic carbocycles. The van der Waals surface area contributed by atoms with Gasteiger partial charge in [0, 0.05) is 18.9 Å². The smallest absolute Gasteiger partial charge is 0.278 e. The van der Waals surface area contributed by atoms with Crippen LogP contribution >= 0.6 is 0 Å². The second-order valence-corrected chi connectivity index (χ2v) is 7.32. The maximum Gasteiger partial charge on any atom is 0.278 e. The third-order valence-corrected chi connectivity index (χ3v) is 4.82. The van der Waals surface area contributed by atoms with Crippen LogP contribution in [-0.2, 0) is 9.47 Å². The molecule has 148 valence electrons. The normalized spacial score (nSPS) is 25.8. The van der Waals surface area contributed by atoms with Crippen LogP contribution in [-0.4, -0.2) is 51.4 Å². The minimum atomic E-state index is -0.792. The minimum Gasteiger partial charge on any atom is -0.369 e. The van der Waals surface area contributed by atoms with E-state index in [0.29, 0.717) is 12.1 Å². The molecule has 0 aromatic carbocycles. The van der Waals surface area contributed by atoms with Crippen molar-refractivity contribution in [1.82, 2.24) is 15.0 Å². The number of nitrogens with zero attached hydrogens (tertiary/aromatic N) is 3. The van der Waals surface area contributed by atoms with Gasteiger partial charge in [-0.2, -0.15) is 4.98 Å². The molecule has 0 bridgehead atoms. The number of nitrogens with one attached hydrogen (secondary N) is 2. The van der Waals surface area contributed by atoms with Crippen molar-refractivity contribution in [3.05, 3.63) is 40.4 Å². The van der Waals surface area contributed by atoms with Crippen molar-refractivity contribution in [1.29, 1.82) is 0 Å². The van der Waals surface area contributed by atoms with Crippen LogP contribution in [0.4, 0.5) is 17.5 Å². The molecule has 10 nitrogen and oxygen atoms in total. The number of rotatable bonds is 2. The van der Waals surface area contributed by atoms with E-state index in [2.05, 4.69) is 20.3 Å². The maximum atomic E-state index is 13.4. The molecule has 2 aliphatic heterocycles. The molecule has 1 saturated heterocycles. The van der Waals surface area contributed by atoms with Gasteiger partial charge in [-0.15, -0.1) is 0 Å². The van der Waals surface area contributed by atoms with Crippen LogP contribution in [0.15, 0.2) is 29.3 Å². The highest BCUT2D eigenvalue weighted by molar-refractivity contribution is 6.08. The number of anilines is 3. The van der Waals surface area contributed by atoms with Gasteiger partial charge in [0.05, 0.1) is 17.7 Å². The third kappa shape index (κ3) is 3.10. The van der Waals surface area contributed by atoms with Gasteiger partial charge in [0.25, 0.3) is 11.5 Å². The van der Waals surface area contributed by atoms with Crippen LogP contribution in [0.25, 0.3) is 0 Å². The van der Waals surface area contributed by atoms with Gasteiger partial charge in [0.15, 0.2) is 17.3 Å². The molecule has 0 radical (unpaired) electrons. The molecule has 4 N–H and O–H groups in total. The van der Waals surface area contributed by atoms with Gasteiger partial charge in [-0.3, -0.25) is 24.5 Å². The summed E-state index contributed by atoms with van der Waals surface area (Å²) >= 11 is 0. The summed E-state index contributed by atoms with van der Waals surface area (Å²) in [4.78, 5) is 38.1. The number of hydrogen-bond donors (Lipinski definition) is 3. The average molecular weight is 386 g/mol. The topological polar surface area (TPSA) is 135 Å². The lowest BCUT2D eigenvalue weighted by molar-refractivity contribution is -0.146. The molecule has 2 aromatic heterocycles. The third-order valence-electron chi connectivity index (χ3n) is 4.82. The van der Waals surface area contributed by atoms with E-state index in [1.807, 2.05) is 20.8 Å². The molecule has 2 aliphatic rings. The lowest BCUT2D eigenvalue weighted by Crippen LogP contribution is -2.57. The van der Waals surface area contributed by atoms with Crippen LogP contribution in [0, 0.1) is 0 Å². The van der Waals surface area contributed by atoms with Crippen LogP contribution in [0.2, 0.25) is 0 Å². The van der Waals surface area contributed by atoms with Gasteiger partial charge < -0.3 is 20.5 Å². The van der Waals surface area contributed by atoms with Crippen LogP contribution in [0.5, 0.6) is 0 Å². The molecule has 0 unspecified atom stereocenters. The zero-order valence-electron chi connectivity index (χ0n) is 15.8. The average Bonchev–Trinajstić information content (AvgIpc) is 2.93. The van der Waals surface area contributed by atoms with Crippen molar-refractivity contribution in [2.45, 2.75) is 44.8 Å². The molecule has 28 heavy (non-hydrogen) atoms. The summed E-state index contributed by atoms with van der Waals surface area (Å²) in [7, 11) is 0. The number of pyridine rings is 1. The Balaban J connectivity index is 1.82. The molecule has 1 amide bonds. The Morgan fingerprint density at radius 2 is 2.18 bits per heavy atom. The largest absolute Gasteiger partial charge is 0.369 e. The predicted octanol–water partition coefficient (Wildman–Crippen LogP) is 0.728. The molecule has 2 aromatic rings. The van der Waals surface area contributed by atoms with E-state index in [1.54, 1.807) is 18.3 Å². The fraction of sp³-hybridized carbons (Fsp3) is 0.444. The first-order valence-electron chi connectivity index (χ1n) is 9.00. The highest BCUT2D eigenvalue weighted by Gasteiger charge is 2.48. The summed E-state index contributed by atoms with van der Waals surface area (Å²) < 4.78 is 11.9. The van der Waals surface area contributed by atoms with Crippen molar-refractivity contribution in [3.63, 3.8) is 0 Å². The Kier molecular flexibility index (Phi) is 4.31. The number of fused-ring (bicyclic) bond motifs is 1. The van der Waals surface area contributed by atoms with Gasteiger partial charge in [-0.05, 0) is 32.9 Å². The highest BCUT2D eigenvalue weighted by atomic mass is 16.8. The second kappa shape index (κ2) is 6.57. The lowest BCUT2D eigenvalue weighted by Gasteiger charge is -2.39. The first-order valence-corrected chi connectivity index (χ1v) is 9.00. The zero-order chi connectivity index (χ0) is 20.1. The zero-order valence-corrected chi connectivity index (χ0v) is 15.8. The maximum absolute atomic E-state index is 13.4. The first kappa shape index (κ1) is 18.4. The summed E-state index contributed by atoms with van der Waals surface area (Å²) in [6.45, 7) is 5.84. The van der Waals surface area contributed by atoms with E-state index < -0.39 is 23.5 Å². The molecular weight excluding hydrogens is 364 g/mol. The number of amides is 1. The lowest BCUT2D eigenvalue weighted by atomic mass is 10.0. The number of hydrogen-bond acceptors (Lipinski definition) is 8. The molecule has 4 rings (SSSR count). The number of aromatic amines is 1. The van der Waals surface area contributed by atoms with Crippen molar-refractivity contribution in [3.8, 4) is 0 Å². The van der Waals surface area contributed by atoms with E-state index in [-0.39, 0.29) is 29.5 Å². The monoisotopic (exact) mass is 386 g/mol. The predicted molar refractivity (Wildman–Crippen MR) is 102 cm³/mol. The highest BCUT2D eigenvalue weighted by Crippen LogP contribution is 2.36. The van der Waals surface area contributed by atoms with Crippen LogP contribution in [0.1, 0.15) is 31.1 Å². The molecule has 0 saturated carbocycles. The standard InChI is InChI=1S/C18H22N6O4/c1-9-13(28-18(2,3)27-9)11-8-21-14-12(15(25)23-17(19)22-14)24(11)16(26)10-5-4-6-20-7-10/h4-7,9,11,13H,8H2,1-3H3,(H4,19,21,22,23,25)/t9-,11+,13-/m1/s1. The number of nitrogens with two attached hydrogens (primary N) is 1. The summed E-state index contributed by atoms with van der Waals surface area (Å²) in [5, 5.41) is 3.10. The Hall–Kier alpha value is -2.98. The van der Waals surface area contributed by atoms with E-state index in [0.717, 1.165) is 0 Å². The van der Waals surface area contributed by atoms with Crippen LogP contribution < -0.4 is 21.5 Å². The summed E-state index contributed by atoms with van der Waals surface area (Å²) in [6.07, 6.45) is 2.30. The fourth-order valence-corrected chi connectivity index (χ4v) is 3.79. The minimum absolute atomic E-state index is 0.0292. The van der Waals surface area contributed by atoms with E-state index >= 15 is 0 Å².